The summed E-state index contributed by atoms with van der Waals surface area (Å²) in [7, 11) is 0.282. The fourth-order valence-corrected chi connectivity index (χ4v) is 8.02. The molecule has 1 aliphatic carbocycles. The van der Waals surface area contributed by atoms with Crippen LogP contribution in [0.2, 0.25) is 0 Å². The Morgan fingerprint density at radius 1 is 0.822 bits per heavy atom. The molecule has 238 valence electrons. The largest absolute Gasteiger partial charge is 0.377 e. The van der Waals surface area contributed by atoms with Gasteiger partial charge in [-0.3, -0.25) is 4.79 Å². The van der Waals surface area contributed by atoms with Gasteiger partial charge in [0.2, 0.25) is 21.9 Å². The number of nitrogens with one attached hydrogen (secondary N) is 2. The average molecular weight is 630 g/mol. The number of rotatable bonds is 9. The highest BCUT2D eigenvalue weighted by Gasteiger charge is 2.26. The van der Waals surface area contributed by atoms with Crippen LogP contribution in [0.4, 0.5) is 17.5 Å². The van der Waals surface area contributed by atoms with Crippen LogP contribution in [-0.4, -0.2) is 82.6 Å². The molecule has 10 nitrogen and oxygen atoms in total. The van der Waals surface area contributed by atoms with Crippen molar-refractivity contribution in [2.45, 2.75) is 37.5 Å². The van der Waals surface area contributed by atoms with E-state index in [-0.39, 0.29) is 5.91 Å². The number of fused-ring (bicyclic) bond motifs is 2. The molecule has 1 aromatic heterocycles. The summed E-state index contributed by atoms with van der Waals surface area (Å²) >= 11 is 0. The molecular weight excluding hydrogens is 586 g/mol. The Balaban J connectivity index is 1.05. The molecular formula is C34H43N7O3S. The Morgan fingerprint density at radius 3 is 2.18 bits per heavy atom. The van der Waals surface area contributed by atoms with Gasteiger partial charge in [0.25, 0.3) is 0 Å². The van der Waals surface area contributed by atoms with E-state index < -0.39 is 10.0 Å². The third-order valence-electron chi connectivity index (χ3n) is 9.32. The number of amides is 1. The van der Waals surface area contributed by atoms with Crippen molar-refractivity contribution in [1.29, 1.82) is 0 Å². The first-order valence-electron chi connectivity index (χ1n) is 15.9. The molecule has 45 heavy (non-hydrogen) atoms. The van der Waals surface area contributed by atoms with E-state index in [0.717, 1.165) is 78.5 Å². The predicted molar refractivity (Wildman–Crippen MR) is 181 cm³/mol. The van der Waals surface area contributed by atoms with Crippen molar-refractivity contribution in [2.75, 3.05) is 68.5 Å². The summed E-state index contributed by atoms with van der Waals surface area (Å²) in [6.45, 7) is 5.70. The lowest BCUT2D eigenvalue weighted by molar-refractivity contribution is -0.129. The van der Waals surface area contributed by atoms with Crippen molar-refractivity contribution >= 4 is 55.1 Å². The number of piperazine rings is 1. The fraction of sp³-hybridized carbons (Fsp3) is 0.441. The van der Waals surface area contributed by atoms with E-state index in [0.29, 0.717) is 42.3 Å². The third kappa shape index (κ3) is 6.84. The van der Waals surface area contributed by atoms with Gasteiger partial charge in [-0.15, -0.1) is 0 Å². The van der Waals surface area contributed by atoms with Crippen molar-refractivity contribution in [3.63, 3.8) is 0 Å². The summed E-state index contributed by atoms with van der Waals surface area (Å²) in [6, 6.07) is 19.4. The first kappa shape index (κ1) is 31.0. The second kappa shape index (κ2) is 13.2. The first-order valence-corrected chi connectivity index (χ1v) is 17.4. The second-order valence-electron chi connectivity index (χ2n) is 12.5. The minimum absolute atomic E-state index is 0.111. The lowest BCUT2D eigenvalue weighted by Gasteiger charge is -2.35. The normalized spacial score (nSPS) is 19.2. The fourth-order valence-electron chi connectivity index (χ4n) is 6.68. The SMILES string of the molecule is CC(=O)N1CCN(c2nc(NCC3CCC(CNS(=O)(=O)c4cccc5c(N(C)C)cccc45)CC3)nc3ccccc23)CC1. The van der Waals surface area contributed by atoms with Crippen LogP contribution in [0.1, 0.15) is 32.6 Å². The molecule has 1 saturated carbocycles. The molecule has 3 aromatic carbocycles. The van der Waals surface area contributed by atoms with Gasteiger partial charge < -0.3 is 20.0 Å². The molecule has 0 radical (unpaired) electrons. The number of aromatic nitrogens is 2. The van der Waals surface area contributed by atoms with Crippen LogP contribution >= 0.6 is 0 Å². The van der Waals surface area contributed by atoms with Crippen LogP contribution < -0.4 is 19.8 Å². The molecule has 2 fully saturated rings. The van der Waals surface area contributed by atoms with Gasteiger partial charge in [-0.2, -0.15) is 4.98 Å². The summed E-state index contributed by atoms with van der Waals surface area (Å²) < 4.78 is 29.7. The van der Waals surface area contributed by atoms with E-state index in [1.165, 1.54) is 0 Å². The number of carbonyl (C=O) groups excluding carboxylic acids is 1. The predicted octanol–water partition coefficient (Wildman–Crippen LogP) is 4.71. The Bertz CT molecular complexity index is 1780. The molecule has 6 rings (SSSR count). The van der Waals surface area contributed by atoms with E-state index in [2.05, 4.69) is 21.0 Å². The maximum atomic E-state index is 13.4. The monoisotopic (exact) mass is 629 g/mol. The summed E-state index contributed by atoms with van der Waals surface area (Å²) in [5, 5.41) is 6.19. The Kier molecular flexibility index (Phi) is 9.09. The number of benzene rings is 3. The zero-order chi connectivity index (χ0) is 31.6. The van der Waals surface area contributed by atoms with Crippen molar-refractivity contribution < 1.29 is 13.2 Å². The van der Waals surface area contributed by atoms with E-state index in [1.54, 1.807) is 13.0 Å². The molecule has 0 spiro atoms. The summed E-state index contributed by atoms with van der Waals surface area (Å²) in [5.74, 6) is 2.42. The van der Waals surface area contributed by atoms with Crippen molar-refractivity contribution in [3.8, 4) is 0 Å². The van der Waals surface area contributed by atoms with Crippen molar-refractivity contribution in [1.82, 2.24) is 19.6 Å². The van der Waals surface area contributed by atoms with Gasteiger partial charge in [0.15, 0.2) is 0 Å². The smallest absolute Gasteiger partial charge is 0.241 e. The number of hydrogen-bond acceptors (Lipinski definition) is 8. The number of para-hydroxylation sites is 1. The van der Waals surface area contributed by atoms with Crippen LogP contribution in [0.15, 0.2) is 65.6 Å². The zero-order valence-corrected chi connectivity index (χ0v) is 27.2. The third-order valence-corrected chi connectivity index (χ3v) is 10.8. The van der Waals surface area contributed by atoms with Gasteiger partial charge in [-0.1, -0.05) is 36.4 Å². The van der Waals surface area contributed by atoms with Gasteiger partial charge in [0.1, 0.15) is 5.82 Å². The minimum atomic E-state index is -3.65. The maximum Gasteiger partial charge on any atom is 0.241 e. The van der Waals surface area contributed by atoms with Crippen LogP contribution in [-0.2, 0) is 14.8 Å². The van der Waals surface area contributed by atoms with Crippen LogP contribution in [0, 0.1) is 11.8 Å². The molecule has 1 amide bonds. The second-order valence-corrected chi connectivity index (χ2v) is 14.3. The summed E-state index contributed by atoms with van der Waals surface area (Å²) in [5.41, 5.74) is 1.90. The minimum Gasteiger partial charge on any atom is -0.377 e. The first-order chi connectivity index (χ1) is 21.7. The van der Waals surface area contributed by atoms with Gasteiger partial charge in [-0.05, 0) is 61.8 Å². The van der Waals surface area contributed by atoms with E-state index in [1.807, 2.05) is 72.4 Å². The molecule has 4 aromatic rings. The van der Waals surface area contributed by atoms with Crippen LogP contribution in [0.5, 0.6) is 0 Å². The molecule has 11 heteroatoms. The van der Waals surface area contributed by atoms with Gasteiger partial charge in [-0.25, -0.2) is 18.1 Å². The standard InChI is InChI=1S/C34H43N7O3S/c1-24(42)40-18-20-41(21-19-40)33-29-8-4-5-11-30(29)37-34(38-33)35-22-25-14-16-26(17-15-25)23-36-45(43,44)32-13-7-9-27-28(32)10-6-12-31(27)39(2)3/h4-13,25-26,36H,14-23H2,1-3H3,(H,35,37,38). The van der Waals surface area contributed by atoms with Crippen molar-refractivity contribution in [3.05, 3.63) is 60.7 Å². The van der Waals surface area contributed by atoms with E-state index in [4.69, 9.17) is 9.97 Å². The number of carbonyl (C=O) groups is 1. The van der Waals surface area contributed by atoms with Gasteiger partial charge in [0, 0.05) is 82.1 Å². The molecule has 0 atom stereocenters. The van der Waals surface area contributed by atoms with E-state index in [9.17, 15) is 13.2 Å². The van der Waals surface area contributed by atoms with Gasteiger partial charge in [0.05, 0.1) is 10.4 Å². The lowest BCUT2D eigenvalue weighted by atomic mass is 9.82. The Morgan fingerprint density at radius 2 is 1.47 bits per heavy atom. The number of nitrogens with zero attached hydrogens (tertiary/aromatic N) is 5. The quantitative estimate of drug-likeness (QED) is 0.274. The molecule has 2 heterocycles. The zero-order valence-electron chi connectivity index (χ0n) is 26.4. The topological polar surface area (TPSA) is 111 Å². The number of sulfonamides is 1. The summed E-state index contributed by atoms with van der Waals surface area (Å²) in [6.07, 6.45) is 3.99. The molecule has 1 saturated heterocycles. The van der Waals surface area contributed by atoms with Crippen molar-refractivity contribution in [2.24, 2.45) is 11.8 Å². The Labute approximate surface area is 265 Å². The molecule has 1 aliphatic heterocycles. The molecule has 2 N–H and O–H groups in total. The van der Waals surface area contributed by atoms with Crippen LogP contribution in [0.3, 0.4) is 0 Å². The summed E-state index contributed by atoms with van der Waals surface area (Å²) in [4.78, 5) is 28.0. The highest BCUT2D eigenvalue weighted by molar-refractivity contribution is 7.89. The number of anilines is 3. The van der Waals surface area contributed by atoms with E-state index >= 15 is 0 Å². The number of hydrogen-bond donors (Lipinski definition) is 2. The van der Waals surface area contributed by atoms with Gasteiger partial charge >= 0.3 is 0 Å². The highest BCUT2D eigenvalue weighted by atomic mass is 32.2. The lowest BCUT2D eigenvalue weighted by Crippen LogP contribution is -2.48. The molecule has 0 unspecified atom stereocenters. The average Bonchev–Trinajstić information content (AvgIpc) is 3.06. The van der Waals surface area contributed by atoms with Crippen LogP contribution in [0.25, 0.3) is 21.7 Å². The maximum absolute atomic E-state index is 13.4. The Hall–Kier alpha value is -3.96. The highest BCUT2D eigenvalue weighted by Crippen LogP contribution is 2.32. The molecule has 2 aliphatic rings. The molecule has 0 bridgehead atoms.